The molecular formula is C51H37N. The Bertz CT molecular complexity index is 2700. The third kappa shape index (κ3) is 5.09. The van der Waals surface area contributed by atoms with Gasteiger partial charge in [-0.15, -0.1) is 0 Å². The van der Waals surface area contributed by atoms with Crippen molar-refractivity contribution in [2.24, 2.45) is 0 Å². The normalized spacial score (nSPS) is 13.3. The topological polar surface area (TPSA) is 4.93 Å². The molecule has 0 spiro atoms. The van der Waals surface area contributed by atoms with Crippen LogP contribution in [0.2, 0.25) is 0 Å². The summed E-state index contributed by atoms with van der Waals surface area (Å²) >= 11 is 0. The van der Waals surface area contributed by atoms with Gasteiger partial charge in [-0.05, 0) is 86.7 Å². The van der Waals surface area contributed by atoms with Gasteiger partial charge in [0.2, 0.25) is 0 Å². The van der Waals surface area contributed by atoms with Crippen molar-refractivity contribution in [3.05, 3.63) is 211 Å². The fourth-order valence-corrected chi connectivity index (χ4v) is 8.64. The van der Waals surface area contributed by atoms with Crippen LogP contribution in [0, 0.1) is 0 Å². The first-order valence-electron chi connectivity index (χ1n) is 18.4. The Balaban J connectivity index is 1.09. The van der Waals surface area contributed by atoms with Crippen LogP contribution in [0.15, 0.2) is 194 Å². The predicted octanol–water partition coefficient (Wildman–Crippen LogP) is 13.5. The van der Waals surface area contributed by atoms with Gasteiger partial charge in [-0.25, -0.2) is 0 Å². The lowest BCUT2D eigenvalue weighted by Gasteiger charge is -2.17. The van der Waals surface area contributed by atoms with E-state index in [0.29, 0.717) is 5.92 Å². The number of benzene rings is 8. The summed E-state index contributed by atoms with van der Waals surface area (Å²) < 4.78 is 2.51. The number of aryl methyl sites for hydroxylation is 1. The van der Waals surface area contributed by atoms with Gasteiger partial charge >= 0.3 is 0 Å². The fourth-order valence-electron chi connectivity index (χ4n) is 8.64. The Morgan fingerprint density at radius 3 is 1.67 bits per heavy atom. The highest BCUT2D eigenvalue weighted by atomic mass is 15.0. The first-order chi connectivity index (χ1) is 25.8. The molecule has 0 saturated heterocycles. The molecule has 246 valence electrons. The Hall–Kier alpha value is -6.44. The maximum absolute atomic E-state index is 2.51. The van der Waals surface area contributed by atoms with Crippen LogP contribution in [-0.4, -0.2) is 4.57 Å². The number of rotatable bonds is 7. The molecule has 1 aliphatic carbocycles. The van der Waals surface area contributed by atoms with Crippen LogP contribution in [0.3, 0.4) is 0 Å². The van der Waals surface area contributed by atoms with Gasteiger partial charge in [0, 0.05) is 22.3 Å². The summed E-state index contributed by atoms with van der Waals surface area (Å²) in [5, 5.41) is 2.69. The van der Waals surface area contributed by atoms with Crippen LogP contribution in [-0.2, 0) is 6.42 Å². The number of hydrogen-bond donors (Lipinski definition) is 0. The fraction of sp³-hybridized carbons (Fsp3) is 0.0588. The van der Waals surface area contributed by atoms with Crippen molar-refractivity contribution < 1.29 is 0 Å². The standard InChI is InChI=1S/C51H37N/c1-3-13-36(14-4-1)38-26-23-35(24-27-38)25-32-44-42-18-7-8-19-43(42)45-33-34-49-51(50(44)45)46-20-10-12-22-48(46)52(49)47-21-11-9-17-41(47)40-30-28-39(29-31-40)37-15-5-2-6-16-37/h1-24,26-31,33-34,44H,25,32H2. The molecule has 0 radical (unpaired) electrons. The van der Waals surface area contributed by atoms with Crippen LogP contribution < -0.4 is 0 Å². The second kappa shape index (κ2) is 12.7. The average molecular weight is 664 g/mol. The average Bonchev–Trinajstić information content (AvgIpc) is 3.73. The number of nitrogens with zero attached hydrogens (tertiary/aromatic N) is 1. The van der Waals surface area contributed by atoms with E-state index in [1.165, 1.54) is 88.7 Å². The molecule has 1 atom stereocenters. The molecule has 0 aliphatic heterocycles. The second-order valence-corrected chi connectivity index (χ2v) is 14.0. The highest BCUT2D eigenvalue weighted by molar-refractivity contribution is 6.14. The molecule has 9 aromatic rings. The van der Waals surface area contributed by atoms with Crippen LogP contribution in [0.5, 0.6) is 0 Å². The summed E-state index contributed by atoms with van der Waals surface area (Å²) in [7, 11) is 0. The summed E-state index contributed by atoms with van der Waals surface area (Å²) in [5.41, 5.74) is 18.2. The molecule has 10 rings (SSSR count). The van der Waals surface area contributed by atoms with Crippen molar-refractivity contribution in [2.75, 3.05) is 0 Å². The SMILES string of the molecule is c1ccc(-c2ccc(CCC3c4ccccc4-c4ccc5c(c43)c3ccccc3n5-c3ccccc3-c3ccc(-c4ccccc4)cc3)cc2)cc1. The predicted molar refractivity (Wildman–Crippen MR) is 219 cm³/mol. The van der Waals surface area contributed by atoms with Crippen LogP contribution >= 0.6 is 0 Å². The molecule has 1 aliphatic rings. The minimum atomic E-state index is 0.309. The molecule has 8 aromatic carbocycles. The van der Waals surface area contributed by atoms with E-state index in [1.807, 2.05) is 0 Å². The lowest BCUT2D eigenvalue weighted by atomic mass is 9.88. The largest absolute Gasteiger partial charge is 0.309 e. The van der Waals surface area contributed by atoms with Crippen molar-refractivity contribution >= 4 is 21.8 Å². The van der Waals surface area contributed by atoms with Crippen LogP contribution in [0.4, 0.5) is 0 Å². The maximum atomic E-state index is 2.51. The molecule has 0 fully saturated rings. The third-order valence-electron chi connectivity index (χ3n) is 11.1. The number of para-hydroxylation sites is 2. The Morgan fingerprint density at radius 1 is 0.385 bits per heavy atom. The lowest BCUT2D eigenvalue weighted by molar-refractivity contribution is 0.734. The van der Waals surface area contributed by atoms with E-state index < -0.39 is 0 Å². The van der Waals surface area contributed by atoms with Gasteiger partial charge in [0.05, 0.1) is 16.7 Å². The summed E-state index contributed by atoms with van der Waals surface area (Å²) in [4.78, 5) is 0. The zero-order valence-electron chi connectivity index (χ0n) is 28.9. The molecule has 1 aromatic heterocycles. The maximum Gasteiger partial charge on any atom is 0.0544 e. The van der Waals surface area contributed by atoms with Crippen LogP contribution in [0.25, 0.3) is 72.0 Å². The van der Waals surface area contributed by atoms with Gasteiger partial charge < -0.3 is 4.57 Å². The first kappa shape index (κ1) is 30.4. The van der Waals surface area contributed by atoms with E-state index in [1.54, 1.807) is 0 Å². The molecule has 0 N–H and O–H groups in total. The Kier molecular flexibility index (Phi) is 7.43. The van der Waals surface area contributed by atoms with Crippen molar-refractivity contribution in [1.82, 2.24) is 4.57 Å². The second-order valence-electron chi connectivity index (χ2n) is 14.0. The molecule has 1 unspecified atom stereocenters. The van der Waals surface area contributed by atoms with Crippen molar-refractivity contribution in [1.29, 1.82) is 0 Å². The molecular weight excluding hydrogens is 627 g/mol. The van der Waals surface area contributed by atoms with Crippen LogP contribution in [0.1, 0.15) is 29.0 Å². The van der Waals surface area contributed by atoms with Gasteiger partial charge in [-0.3, -0.25) is 0 Å². The van der Waals surface area contributed by atoms with Gasteiger partial charge in [-0.1, -0.05) is 176 Å². The molecule has 1 heteroatoms. The number of fused-ring (bicyclic) bond motifs is 7. The van der Waals surface area contributed by atoms with Crippen molar-refractivity contribution in [3.63, 3.8) is 0 Å². The number of hydrogen-bond acceptors (Lipinski definition) is 0. The minimum Gasteiger partial charge on any atom is -0.309 e. The van der Waals surface area contributed by atoms with Crippen molar-refractivity contribution in [3.8, 4) is 50.2 Å². The van der Waals surface area contributed by atoms with E-state index >= 15 is 0 Å². The van der Waals surface area contributed by atoms with E-state index in [-0.39, 0.29) is 0 Å². The quantitative estimate of drug-likeness (QED) is 0.160. The van der Waals surface area contributed by atoms with Gasteiger partial charge in [0.1, 0.15) is 0 Å². The lowest BCUT2D eigenvalue weighted by Crippen LogP contribution is -2.01. The summed E-state index contributed by atoms with van der Waals surface area (Å²) in [6, 6.07) is 71.2. The smallest absolute Gasteiger partial charge is 0.0544 e. The third-order valence-corrected chi connectivity index (χ3v) is 11.1. The monoisotopic (exact) mass is 663 g/mol. The van der Waals surface area contributed by atoms with Crippen molar-refractivity contribution in [2.45, 2.75) is 18.8 Å². The summed E-state index contributed by atoms with van der Waals surface area (Å²) in [6.45, 7) is 0. The summed E-state index contributed by atoms with van der Waals surface area (Å²) in [6.07, 6.45) is 2.07. The van der Waals surface area contributed by atoms with Gasteiger partial charge in [0.25, 0.3) is 0 Å². The van der Waals surface area contributed by atoms with E-state index in [4.69, 9.17) is 0 Å². The van der Waals surface area contributed by atoms with Gasteiger partial charge in [0.15, 0.2) is 0 Å². The zero-order chi connectivity index (χ0) is 34.4. The van der Waals surface area contributed by atoms with E-state index in [0.717, 1.165) is 12.8 Å². The minimum absolute atomic E-state index is 0.309. The molecule has 1 heterocycles. The molecule has 0 amide bonds. The summed E-state index contributed by atoms with van der Waals surface area (Å²) in [5.74, 6) is 0.309. The number of aromatic nitrogens is 1. The Morgan fingerprint density at radius 2 is 0.942 bits per heavy atom. The first-order valence-corrected chi connectivity index (χ1v) is 18.4. The van der Waals surface area contributed by atoms with E-state index in [2.05, 4.69) is 199 Å². The molecule has 0 saturated carbocycles. The Labute approximate surface area is 305 Å². The molecule has 52 heavy (non-hydrogen) atoms. The molecule has 1 nitrogen and oxygen atoms in total. The highest BCUT2D eigenvalue weighted by Gasteiger charge is 2.32. The molecule has 0 bridgehead atoms. The van der Waals surface area contributed by atoms with E-state index in [9.17, 15) is 0 Å². The zero-order valence-corrected chi connectivity index (χ0v) is 28.9. The highest BCUT2D eigenvalue weighted by Crippen LogP contribution is 2.52. The van der Waals surface area contributed by atoms with Gasteiger partial charge in [-0.2, -0.15) is 0 Å².